The van der Waals surface area contributed by atoms with Gasteiger partial charge in [0, 0.05) is 19.0 Å². The molecule has 0 saturated carbocycles. The Balaban J connectivity index is 1.73. The van der Waals surface area contributed by atoms with Crippen molar-refractivity contribution >= 4 is 11.9 Å². The van der Waals surface area contributed by atoms with Crippen molar-refractivity contribution in [2.75, 3.05) is 5.32 Å². The Morgan fingerprint density at radius 3 is 2.24 bits per heavy atom. The molecule has 0 saturated heterocycles. The second-order valence-corrected chi connectivity index (χ2v) is 6.75. The molecule has 4 rings (SSSR count). The Hall–Kier alpha value is -3.73. The Labute approximate surface area is 168 Å². The van der Waals surface area contributed by atoms with Crippen LogP contribution >= 0.6 is 0 Å². The number of benzene rings is 3. The minimum Gasteiger partial charge on any atom is -0.313 e. The SMILES string of the molecule is Cn1c(NC(=O)c2ccccc2F)nc(Cc2ccccc2)c1-c1ccccc1. The second kappa shape index (κ2) is 8.10. The molecule has 29 heavy (non-hydrogen) atoms. The van der Waals surface area contributed by atoms with Gasteiger partial charge in [0.1, 0.15) is 5.82 Å². The zero-order valence-corrected chi connectivity index (χ0v) is 16.0. The van der Waals surface area contributed by atoms with Crippen molar-refractivity contribution in [3.63, 3.8) is 0 Å². The van der Waals surface area contributed by atoms with E-state index < -0.39 is 11.7 Å². The van der Waals surface area contributed by atoms with Crippen LogP contribution in [0.15, 0.2) is 84.9 Å². The maximum atomic E-state index is 14.0. The lowest BCUT2D eigenvalue weighted by molar-refractivity contribution is 0.102. The van der Waals surface area contributed by atoms with Gasteiger partial charge in [-0.1, -0.05) is 72.8 Å². The molecule has 0 atom stereocenters. The largest absolute Gasteiger partial charge is 0.313 e. The van der Waals surface area contributed by atoms with Gasteiger partial charge in [0.25, 0.3) is 5.91 Å². The monoisotopic (exact) mass is 385 g/mol. The molecule has 1 aromatic heterocycles. The smallest absolute Gasteiger partial charge is 0.260 e. The number of imidazole rings is 1. The van der Waals surface area contributed by atoms with Gasteiger partial charge < -0.3 is 4.57 Å². The number of anilines is 1. The average Bonchev–Trinajstić information content (AvgIpc) is 3.04. The molecule has 4 nitrogen and oxygen atoms in total. The summed E-state index contributed by atoms with van der Waals surface area (Å²) < 4.78 is 15.8. The van der Waals surface area contributed by atoms with Gasteiger partial charge in [0.15, 0.2) is 0 Å². The third kappa shape index (κ3) is 3.94. The molecule has 0 aliphatic heterocycles. The molecular formula is C24H20FN3O. The van der Waals surface area contributed by atoms with E-state index in [4.69, 9.17) is 0 Å². The molecule has 0 unspecified atom stereocenters. The van der Waals surface area contributed by atoms with Crippen LogP contribution in [0, 0.1) is 5.82 Å². The Kier molecular flexibility index (Phi) is 5.20. The van der Waals surface area contributed by atoms with E-state index in [2.05, 4.69) is 10.3 Å². The number of hydrogen-bond donors (Lipinski definition) is 1. The number of halogens is 1. The molecule has 4 aromatic rings. The predicted octanol–water partition coefficient (Wildman–Crippen LogP) is 5.07. The van der Waals surface area contributed by atoms with E-state index in [0.717, 1.165) is 22.5 Å². The number of amides is 1. The van der Waals surface area contributed by atoms with Crippen LogP contribution in [0.3, 0.4) is 0 Å². The van der Waals surface area contributed by atoms with E-state index in [1.807, 2.05) is 72.3 Å². The Bertz CT molecular complexity index is 1140. The van der Waals surface area contributed by atoms with Gasteiger partial charge in [0.2, 0.25) is 5.95 Å². The maximum absolute atomic E-state index is 14.0. The van der Waals surface area contributed by atoms with E-state index in [9.17, 15) is 9.18 Å². The van der Waals surface area contributed by atoms with Crippen molar-refractivity contribution in [1.29, 1.82) is 0 Å². The molecule has 5 heteroatoms. The lowest BCUT2D eigenvalue weighted by Gasteiger charge is -2.09. The fraction of sp³-hybridized carbons (Fsp3) is 0.0833. The van der Waals surface area contributed by atoms with Crippen molar-refractivity contribution in [1.82, 2.24) is 9.55 Å². The summed E-state index contributed by atoms with van der Waals surface area (Å²) in [5, 5.41) is 2.76. The number of carbonyl (C=O) groups excluding carboxylic acids is 1. The maximum Gasteiger partial charge on any atom is 0.260 e. The molecule has 1 heterocycles. The topological polar surface area (TPSA) is 46.9 Å². The Morgan fingerprint density at radius 2 is 1.55 bits per heavy atom. The quantitative estimate of drug-likeness (QED) is 0.521. The first-order valence-corrected chi connectivity index (χ1v) is 9.34. The number of hydrogen-bond acceptors (Lipinski definition) is 2. The van der Waals surface area contributed by atoms with Crippen LogP contribution in [-0.2, 0) is 13.5 Å². The van der Waals surface area contributed by atoms with Gasteiger partial charge >= 0.3 is 0 Å². The fourth-order valence-corrected chi connectivity index (χ4v) is 3.35. The minimum atomic E-state index is -0.563. The number of nitrogens with zero attached hydrogens (tertiary/aromatic N) is 2. The summed E-state index contributed by atoms with van der Waals surface area (Å²) in [5.74, 6) is -0.711. The Morgan fingerprint density at radius 1 is 0.931 bits per heavy atom. The first-order valence-electron chi connectivity index (χ1n) is 9.34. The van der Waals surface area contributed by atoms with E-state index in [1.165, 1.54) is 12.1 Å². The van der Waals surface area contributed by atoms with Crippen LogP contribution in [0.1, 0.15) is 21.6 Å². The number of carbonyl (C=O) groups is 1. The van der Waals surface area contributed by atoms with E-state index >= 15 is 0 Å². The highest BCUT2D eigenvalue weighted by Gasteiger charge is 2.19. The van der Waals surface area contributed by atoms with E-state index in [-0.39, 0.29) is 5.56 Å². The summed E-state index contributed by atoms with van der Waals surface area (Å²) in [7, 11) is 1.85. The fourth-order valence-electron chi connectivity index (χ4n) is 3.35. The molecule has 0 radical (unpaired) electrons. The van der Waals surface area contributed by atoms with Crippen molar-refractivity contribution in [3.05, 3.63) is 108 Å². The molecule has 1 amide bonds. The molecule has 0 spiro atoms. The highest BCUT2D eigenvalue weighted by Crippen LogP contribution is 2.28. The predicted molar refractivity (Wildman–Crippen MR) is 112 cm³/mol. The number of nitrogens with one attached hydrogen (secondary N) is 1. The van der Waals surface area contributed by atoms with Gasteiger partial charge in [-0.15, -0.1) is 0 Å². The van der Waals surface area contributed by atoms with Crippen LogP contribution < -0.4 is 5.32 Å². The molecule has 0 fully saturated rings. The molecule has 0 aliphatic carbocycles. The molecule has 0 bridgehead atoms. The van der Waals surface area contributed by atoms with Gasteiger partial charge in [-0.25, -0.2) is 9.37 Å². The summed E-state index contributed by atoms with van der Waals surface area (Å²) in [6, 6.07) is 25.8. The average molecular weight is 385 g/mol. The van der Waals surface area contributed by atoms with Gasteiger partial charge in [-0.05, 0) is 17.7 Å². The summed E-state index contributed by atoms with van der Waals surface area (Å²) in [6.07, 6.45) is 0.620. The minimum absolute atomic E-state index is 0.0126. The molecule has 3 aromatic carbocycles. The lowest BCUT2D eigenvalue weighted by atomic mass is 10.0. The summed E-state index contributed by atoms with van der Waals surface area (Å²) in [5.41, 5.74) is 3.86. The van der Waals surface area contributed by atoms with Gasteiger partial charge in [-0.3, -0.25) is 10.1 Å². The van der Waals surface area contributed by atoms with Crippen molar-refractivity contribution in [2.45, 2.75) is 6.42 Å². The molecule has 1 N–H and O–H groups in total. The summed E-state index contributed by atoms with van der Waals surface area (Å²) in [4.78, 5) is 17.3. The lowest BCUT2D eigenvalue weighted by Crippen LogP contribution is -2.16. The molecule has 144 valence electrons. The van der Waals surface area contributed by atoms with Crippen molar-refractivity contribution in [2.24, 2.45) is 7.05 Å². The highest BCUT2D eigenvalue weighted by molar-refractivity contribution is 6.03. The zero-order valence-electron chi connectivity index (χ0n) is 16.0. The molecule has 0 aliphatic rings. The number of aromatic nitrogens is 2. The van der Waals surface area contributed by atoms with Gasteiger partial charge in [0.05, 0.1) is 17.0 Å². The highest BCUT2D eigenvalue weighted by atomic mass is 19.1. The van der Waals surface area contributed by atoms with Crippen LogP contribution in [0.2, 0.25) is 0 Å². The second-order valence-electron chi connectivity index (χ2n) is 6.75. The van der Waals surface area contributed by atoms with Gasteiger partial charge in [-0.2, -0.15) is 0 Å². The standard InChI is InChI=1S/C24H20FN3O/c1-28-22(18-12-6-3-7-13-18)21(16-17-10-4-2-5-11-17)26-24(28)27-23(29)19-14-8-9-15-20(19)25/h2-15H,16H2,1H3,(H,26,27,29). The van der Waals surface area contributed by atoms with E-state index in [1.54, 1.807) is 12.1 Å². The van der Waals surface area contributed by atoms with Crippen LogP contribution in [0.5, 0.6) is 0 Å². The first kappa shape index (κ1) is 18.6. The number of rotatable bonds is 5. The third-order valence-corrected chi connectivity index (χ3v) is 4.77. The molecular weight excluding hydrogens is 365 g/mol. The van der Waals surface area contributed by atoms with Crippen LogP contribution in [-0.4, -0.2) is 15.5 Å². The van der Waals surface area contributed by atoms with Crippen molar-refractivity contribution < 1.29 is 9.18 Å². The normalized spacial score (nSPS) is 10.7. The van der Waals surface area contributed by atoms with Crippen LogP contribution in [0.25, 0.3) is 11.3 Å². The van der Waals surface area contributed by atoms with E-state index in [0.29, 0.717) is 12.4 Å². The summed E-state index contributed by atoms with van der Waals surface area (Å²) in [6.45, 7) is 0. The first-order chi connectivity index (χ1) is 14.1. The zero-order chi connectivity index (χ0) is 20.2. The summed E-state index contributed by atoms with van der Waals surface area (Å²) >= 11 is 0. The van der Waals surface area contributed by atoms with Crippen LogP contribution in [0.4, 0.5) is 10.3 Å². The third-order valence-electron chi connectivity index (χ3n) is 4.77. The van der Waals surface area contributed by atoms with Crippen molar-refractivity contribution in [3.8, 4) is 11.3 Å².